The monoisotopic (exact) mass is 851 g/mol. The minimum absolute atomic E-state index is 0.211. The molecule has 10 rings (SSSR count). The van der Waals surface area contributed by atoms with E-state index in [0.29, 0.717) is 50.6 Å². The SMILES string of the molecule is Cc1ccc(-c2ccc3c(c2)c2ccccc2n3-c2c(-c3cccc(C(F)(F)F)c3)cc(-c3cc(-c4ccccc4)nc(-c4ccccc4)n3)cc2-c2cccc(C(F)(F)F)c2)cc1. The van der Waals surface area contributed by atoms with E-state index >= 15 is 0 Å². The first kappa shape index (κ1) is 40.3. The van der Waals surface area contributed by atoms with Crippen LogP contribution < -0.4 is 0 Å². The molecule has 0 saturated carbocycles. The molecule has 0 bridgehead atoms. The lowest BCUT2D eigenvalue weighted by Crippen LogP contribution is -2.07. The highest BCUT2D eigenvalue weighted by Gasteiger charge is 2.33. The summed E-state index contributed by atoms with van der Waals surface area (Å²) in [5.74, 6) is 0.397. The molecule has 0 N–H and O–H groups in total. The van der Waals surface area contributed by atoms with Crippen molar-refractivity contribution in [3.8, 4) is 73.0 Å². The average Bonchev–Trinajstić information content (AvgIpc) is 3.64. The van der Waals surface area contributed by atoms with Gasteiger partial charge in [-0.3, -0.25) is 0 Å². The maximum absolute atomic E-state index is 14.6. The van der Waals surface area contributed by atoms with Crippen molar-refractivity contribution >= 4 is 21.8 Å². The van der Waals surface area contributed by atoms with Crippen LogP contribution in [0.25, 0.3) is 94.8 Å². The van der Waals surface area contributed by atoms with Gasteiger partial charge in [-0.05, 0) is 89.8 Å². The first-order valence-corrected chi connectivity index (χ1v) is 20.5. The normalized spacial score (nSPS) is 12.0. The highest BCUT2D eigenvalue weighted by molar-refractivity contribution is 6.12. The molecule has 0 aliphatic carbocycles. The number of fused-ring (bicyclic) bond motifs is 3. The van der Waals surface area contributed by atoms with Crippen LogP contribution >= 0.6 is 0 Å². The van der Waals surface area contributed by atoms with Gasteiger partial charge in [-0.25, -0.2) is 9.97 Å². The van der Waals surface area contributed by atoms with Crippen molar-refractivity contribution in [3.63, 3.8) is 0 Å². The fourth-order valence-corrected chi connectivity index (χ4v) is 8.40. The fourth-order valence-electron chi connectivity index (χ4n) is 8.40. The second kappa shape index (κ2) is 15.8. The van der Waals surface area contributed by atoms with Crippen molar-refractivity contribution in [1.82, 2.24) is 14.5 Å². The molecule has 0 saturated heterocycles. The van der Waals surface area contributed by atoms with Crippen molar-refractivity contribution in [2.24, 2.45) is 0 Å². The molecule has 8 aromatic carbocycles. The Morgan fingerprint density at radius 3 is 1.47 bits per heavy atom. The molecule has 3 nitrogen and oxygen atoms in total. The molecule has 0 unspecified atom stereocenters. The summed E-state index contributed by atoms with van der Waals surface area (Å²) in [7, 11) is 0. The predicted octanol–water partition coefficient (Wildman–Crippen LogP) is 15.9. The van der Waals surface area contributed by atoms with E-state index in [4.69, 9.17) is 9.97 Å². The molecule has 2 aromatic heterocycles. The Labute approximate surface area is 364 Å². The number of para-hydroxylation sites is 1. The number of rotatable bonds is 7. The predicted molar refractivity (Wildman–Crippen MR) is 244 cm³/mol. The second-order valence-electron chi connectivity index (χ2n) is 15.7. The van der Waals surface area contributed by atoms with E-state index in [9.17, 15) is 26.3 Å². The molecule has 0 amide bonds. The van der Waals surface area contributed by atoms with Gasteiger partial charge in [-0.15, -0.1) is 0 Å². The summed E-state index contributed by atoms with van der Waals surface area (Å²) in [5.41, 5.74) is 7.27. The van der Waals surface area contributed by atoms with Gasteiger partial charge in [0, 0.05) is 38.6 Å². The maximum atomic E-state index is 14.6. The number of hydrogen-bond donors (Lipinski definition) is 0. The summed E-state index contributed by atoms with van der Waals surface area (Å²) < 4.78 is 89.6. The number of aryl methyl sites for hydroxylation is 1. The largest absolute Gasteiger partial charge is 0.416 e. The van der Waals surface area contributed by atoms with E-state index in [2.05, 4.69) is 6.07 Å². The molecular weight excluding hydrogens is 817 g/mol. The van der Waals surface area contributed by atoms with Crippen LogP contribution in [-0.4, -0.2) is 14.5 Å². The van der Waals surface area contributed by atoms with Crippen LogP contribution in [0.4, 0.5) is 26.3 Å². The van der Waals surface area contributed by atoms with E-state index in [1.54, 1.807) is 30.3 Å². The molecule has 0 atom stereocenters. The summed E-state index contributed by atoms with van der Waals surface area (Å²) in [6.07, 6.45) is -9.36. The number of benzene rings is 8. The zero-order valence-corrected chi connectivity index (χ0v) is 34.1. The van der Waals surface area contributed by atoms with Gasteiger partial charge in [0.25, 0.3) is 0 Å². The Morgan fingerprint density at radius 1 is 0.375 bits per heavy atom. The summed E-state index contributed by atoms with van der Waals surface area (Å²) in [6, 6.07) is 56.3. The van der Waals surface area contributed by atoms with Crippen LogP contribution in [0.3, 0.4) is 0 Å². The minimum atomic E-state index is -4.68. The van der Waals surface area contributed by atoms with Gasteiger partial charge in [0.1, 0.15) is 0 Å². The lowest BCUT2D eigenvalue weighted by atomic mass is 9.90. The Hall–Kier alpha value is -7.78. The number of aromatic nitrogens is 3. The van der Waals surface area contributed by atoms with Crippen molar-refractivity contribution in [3.05, 3.63) is 211 Å². The van der Waals surface area contributed by atoms with Crippen molar-refractivity contribution in [2.45, 2.75) is 19.3 Å². The standard InChI is InChI=1S/C55H35F6N3/c1-34-22-24-35(25-23-34)38-26-27-51-47(30-38)44-20-8-9-21-50(44)64(51)52-45(39-16-10-18-42(28-39)54(56,57)58)31-41(32-46(52)40-17-11-19-43(29-40)55(59,60)61)49-33-48(36-12-4-2-5-13-36)62-53(63-49)37-14-6-3-7-15-37/h2-33H,1H3. The number of alkyl halides is 6. The molecule has 0 spiro atoms. The highest BCUT2D eigenvalue weighted by Crippen LogP contribution is 2.46. The molecule has 312 valence electrons. The lowest BCUT2D eigenvalue weighted by molar-refractivity contribution is -0.138. The Kier molecular flexibility index (Phi) is 9.98. The average molecular weight is 852 g/mol. The zero-order chi connectivity index (χ0) is 44.2. The van der Waals surface area contributed by atoms with Gasteiger partial charge in [0.05, 0.1) is 39.2 Å². The topological polar surface area (TPSA) is 30.7 Å². The first-order chi connectivity index (χ1) is 30.9. The Morgan fingerprint density at radius 2 is 0.875 bits per heavy atom. The summed E-state index contributed by atoms with van der Waals surface area (Å²) in [5, 5.41) is 1.72. The van der Waals surface area contributed by atoms with Gasteiger partial charge >= 0.3 is 12.4 Å². The van der Waals surface area contributed by atoms with Crippen molar-refractivity contribution in [1.29, 1.82) is 0 Å². The molecule has 0 fully saturated rings. The Bertz CT molecular complexity index is 3220. The van der Waals surface area contributed by atoms with Crippen LogP contribution in [-0.2, 0) is 12.4 Å². The quantitative estimate of drug-likeness (QED) is 0.150. The van der Waals surface area contributed by atoms with Gasteiger partial charge in [-0.2, -0.15) is 26.3 Å². The molecule has 64 heavy (non-hydrogen) atoms. The minimum Gasteiger partial charge on any atom is -0.308 e. The van der Waals surface area contributed by atoms with E-state index in [-0.39, 0.29) is 11.1 Å². The number of halogens is 6. The highest BCUT2D eigenvalue weighted by atomic mass is 19.4. The third kappa shape index (κ3) is 7.59. The van der Waals surface area contributed by atoms with Gasteiger partial charge in [-0.1, -0.05) is 139 Å². The van der Waals surface area contributed by atoms with E-state index in [0.717, 1.165) is 62.9 Å². The smallest absolute Gasteiger partial charge is 0.308 e. The fraction of sp³-hybridized carbons (Fsp3) is 0.0545. The second-order valence-corrected chi connectivity index (χ2v) is 15.7. The van der Waals surface area contributed by atoms with Crippen LogP contribution in [0, 0.1) is 6.92 Å². The Balaban J connectivity index is 1.34. The van der Waals surface area contributed by atoms with E-state index < -0.39 is 23.5 Å². The molecule has 0 aliphatic heterocycles. The van der Waals surface area contributed by atoms with Crippen LogP contribution in [0.2, 0.25) is 0 Å². The van der Waals surface area contributed by atoms with Crippen molar-refractivity contribution in [2.75, 3.05) is 0 Å². The van der Waals surface area contributed by atoms with Crippen LogP contribution in [0.15, 0.2) is 194 Å². The van der Waals surface area contributed by atoms with Crippen LogP contribution in [0.5, 0.6) is 0 Å². The van der Waals surface area contributed by atoms with Crippen molar-refractivity contribution < 1.29 is 26.3 Å². The molecule has 10 aromatic rings. The summed E-state index contributed by atoms with van der Waals surface area (Å²) in [6.45, 7) is 2.02. The van der Waals surface area contributed by atoms with Crippen LogP contribution in [0.1, 0.15) is 16.7 Å². The van der Waals surface area contributed by atoms with E-state index in [1.165, 1.54) is 12.1 Å². The van der Waals surface area contributed by atoms with Gasteiger partial charge < -0.3 is 4.57 Å². The lowest BCUT2D eigenvalue weighted by Gasteiger charge is -2.22. The molecule has 0 aliphatic rings. The number of hydrogen-bond acceptors (Lipinski definition) is 2. The third-order valence-electron chi connectivity index (χ3n) is 11.5. The van der Waals surface area contributed by atoms with E-state index in [1.807, 2.05) is 133 Å². The molecular formula is C55H35F6N3. The van der Waals surface area contributed by atoms with Gasteiger partial charge in [0.15, 0.2) is 5.82 Å². The summed E-state index contributed by atoms with van der Waals surface area (Å²) in [4.78, 5) is 9.97. The molecule has 2 heterocycles. The first-order valence-electron chi connectivity index (χ1n) is 20.5. The van der Waals surface area contributed by atoms with Gasteiger partial charge in [0.2, 0.25) is 0 Å². The molecule has 9 heteroatoms. The zero-order valence-electron chi connectivity index (χ0n) is 34.1. The maximum Gasteiger partial charge on any atom is 0.416 e. The third-order valence-corrected chi connectivity index (χ3v) is 11.5. The summed E-state index contributed by atoms with van der Waals surface area (Å²) >= 11 is 0. The molecule has 0 radical (unpaired) electrons. The number of nitrogens with zero attached hydrogens (tertiary/aromatic N) is 3.